The van der Waals surface area contributed by atoms with E-state index in [0.717, 1.165) is 23.3 Å². The minimum atomic E-state index is -0.313. The Kier molecular flexibility index (Phi) is 4.62. The van der Waals surface area contributed by atoms with Gasteiger partial charge in [0.05, 0.1) is 18.5 Å². The number of nitrogens with one attached hydrogen (secondary N) is 1. The number of ether oxygens (including phenoxy) is 1. The summed E-state index contributed by atoms with van der Waals surface area (Å²) in [6, 6.07) is 13.9. The number of anilines is 1. The van der Waals surface area contributed by atoms with Gasteiger partial charge in [0.2, 0.25) is 5.91 Å². The first kappa shape index (κ1) is 17.3. The second-order valence-electron chi connectivity index (χ2n) is 6.56. The molecule has 0 aliphatic carbocycles. The number of carbonyl (C=O) groups is 1. The maximum Gasteiger partial charge on any atom is 0.226 e. The normalized spacial score (nSPS) is 15.9. The molecule has 0 saturated heterocycles. The van der Waals surface area contributed by atoms with Crippen LogP contribution in [0.3, 0.4) is 0 Å². The molecule has 1 aliphatic rings. The van der Waals surface area contributed by atoms with Gasteiger partial charge < -0.3 is 10.1 Å². The van der Waals surface area contributed by atoms with Gasteiger partial charge in [0.1, 0.15) is 17.4 Å². The summed E-state index contributed by atoms with van der Waals surface area (Å²) in [7, 11) is 0. The standard InChI is InChI=1S/C21H20FN3O2/c1-2-11-27-17-9-3-14(4-10-17)18-12-20(26)24-21-19(18)13-23-25(21)16-7-5-15(22)6-8-16/h3-10,13,18H,2,11-12H2,1H3,(H,24,26). The Morgan fingerprint density at radius 3 is 2.63 bits per heavy atom. The van der Waals surface area contributed by atoms with Crippen molar-refractivity contribution in [1.29, 1.82) is 0 Å². The molecule has 3 aromatic rings. The minimum Gasteiger partial charge on any atom is -0.494 e. The second kappa shape index (κ2) is 7.23. The van der Waals surface area contributed by atoms with E-state index in [4.69, 9.17) is 4.74 Å². The van der Waals surface area contributed by atoms with Gasteiger partial charge in [-0.15, -0.1) is 0 Å². The van der Waals surface area contributed by atoms with Gasteiger partial charge in [0.15, 0.2) is 0 Å². The Hall–Kier alpha value is -3.15. The van der Waals surface area contributed by atoms with E-state index in [1.807, 2.05) is 24.3 Å². The van der Waals surface area contributed by atoms with Gasteiger partial charge in [-0.05, 0) is 48.4 Å². The topological polar surface area (TPSA) is 56.1 Å². The molecule has 0 bridgehead atoms. The molecule has 0 radical (unpaired) electrons. The lowest BCUT2D eigenvalue weighted by molar-refractivity contribution is -0.116. The van der Waals surface area contributed by atoms with E-state index in [-0.39, 0.29) is 17.6 Å². The molecular weight excluding hydrogens is 345 g/mol. The lowest BCUT2D eigenvalue weighted by Gasteiger charge is -2.24. The van der Waals surface area contributed by atoms with Gasteiger partial charge in [-0.25, -0.2) is 9.07 Å². The lowest BCUT2D eigenvalue weighted by Crippen LogP contribution is -2.24. The van der Waals surface area contributed by atoms with Crippen molar-refractivity contribution in [3.05, 3.63) is 71.7 Å². The first-order chi connectivity index (χ1) is 13.2. The van der Waals surface area contributed by atoms with Crippen molar-refractivity contribution < 1.29 is 13.9 Å². The number of aromatic nitrogens is 2. The fourth-order valence-corrected chi connectivity index (χ4v) is 3.31. The highest BCUT2D eigenvalue weighted by atomic mass is 19.1. The largest absolute Gasteiger partial charge is 0.494 e. The van der Waals surface area contributed by atoms with Crippen LogP contribution in [-0.4, -0.2) is 22.3 Å². The van der Waals surface area contributed by atoms with Crippen molar-refractivity contribution in [2.45, 2.75) is 25.7 Å². The molecule has 0 spiro atoms. The fourth-order valence-electron chi connectivity index (χ4n) is 3.31. The van der Waals surface area contributed by atoms with Crippen molar-refractivity contribution in [2.75, 3.05) is 11.9 Å². The summed E-state index contributed by atoms with van der Waals surface area (Å²) in [5, 5.41) is 7.32. The van der Waals surface area contributed by atoms with E-state index < -0.39 is 0 Å². The average Bonchev–Trinajstić information content (AvgIpc) is 3.10. The summed E-state index contributed by atoms with van der Waals surface area (Å²) in [6.07, 6.45) is 3.08. The van der Waals surface area contributed by atoms with E-state index in [1.54, 1.807) is 23.0 Å². The molecule has 4 rings (SSSR count). The van der Waals surface area contributed by atoms with Crippen molar-refractivity contribution in [2.24, 2.45) is 0 Å². The molecule has 1 N–H and O–H groups in total. The van der Waals surface area contributed by atoms with E-state index in [1.165, 1.54) is 12.1 Å². The van der Waals surface area contributed by atoms with Crippen LogP contribution < -0.4 is 10.1 Å². The third-order valence-electron chi connectivity index (χ3n) is 4.65. The highest BCUT2D eigenvalue weighted by molar-refractivity contribution is 5.94. The Bertz CT molecular complexity index is 949. The zero-order chi connectivity index (χ0) is 18.8. The molecule has 1 unspecified atom stereocenters. The molecule has 138 valence electrons. The van der Waals surface area contributed by atoms with Crippen LogP contribution in [0.1, 0.15) is 36.8 Å². The fraction of sp³-hybridized carbons (Fsp3) is 0.238. The van der Waals surface area contributed by atoms with Crippen LogP contribution in [0, 0.1) is 5.82 Å². The maximum absolute atomic E-state index is 13.2. The zero-order valence-electron chi connectivity index (χ0n) is 15.0. The Balaban J connectivity index is 1.67. The molecule has 0 fully saturated rings. The second-order valence-corrected chi connectivity index (χ2v) is 6.56. The number of amides is 1. The summed E-state index contributed by atoms with van der Waals surface area (Å²) in [6.45, 7) is 2.75. The SMILES string of the molecule is CCCOc1ccc(C2CC(=O)Nc3c2cnn3-c2ccc(F)cc2)cc1. The Morgan fingerprint density at radius 2 is 1.93 bits per heavy atom. The van der Waals surface area contributed by atoms with Crippen LogP contribution in [0.2, 0.25) is 0 Å². The predicted octanol–water partition coefficient (Wildman–Crippen LogP) is 4.27. The molecule has 5 nitrogen and oxygen atoms in total. The summed E-state index contributed by atoms with van der Waals surface area (Å²) in [5.74, 6) is 0.996. The molecule has 1 atom stereocenters. The number of rotatable bonds is 5. The van der Waals surface area contributed by atoms with E-state index in [0.29, 0.717) is 24.5 Å². The minimum absolute atomic E-state index is 0.0670. The molecule has 27 heavy (non-hydrogen) atoms. The lowest BCUT2D eigenvalue weighted by atomic mass is 9.87. The summed E-state index contributed by atoms with van der Waals surface area (Å²) in [5.41, 5.74) is 2.68. The number of hydrogen-bond acceptors (Lipinski definition) is 3. The van der Waals surface area contributed by atoms with Crippen molar-refractivity contribution in [3.8, 4) is 11.4 Å². The van der Waals surface area contributed by atoms with Crippen LogP contribution in [0.4, 0.5) is 10.2 Å². The molecule has 6 heteroatoms. The number of hydrogen-bond donors (Lipinski definition) is 1. The zero-order valence-corrected chi connectivity index (χ0v) is 15.0. The van der Waals surface area contributed by atoms with Crippen molar-refractivity contribution >= 4 is 11.7 Å². The molecule has 1 amide bonds. The molecule has 0 saturated carbocycles. The van der Waals surface area contributed by atoms with Crippen LogP contribution in [-0.2, 0) is 4.79 Å². The molecular formula is C21H20FN3O2. The molecule has 1 aromatic heterocycles. The summed E-state index contributed by atoms with van der Waals surface area (Å²) in [4.78, 5) is 12.3. The van der Waals surface area contributed by atoms with Crippen LogP contribution >= 0.6 is 0 Å². The van der Waals surface area contributed by atoms with Gasteiger partial charge in [0, 0.05) is 17.9 Å². The van der Waals surface area contributed by atoms with Gasteiger partial charge >= 0.3 is 0 Å². The maximum atomic E-state index is 13.2. The number of fused-ring (bicyclic) bond motifs is 1. The highest BCUT2D eigenvalue weighted by Gasteiger charge is 2.30. The number of nitrogens with zero attached hydrogens (tertiary/aromatic N) is 2. The quantitative estimate of drug-likeness (QED) is 0.734. The van der Waals surface area contributed by atoms with E-state index >= 15 is 0 Å². The van der Waals surface area contributed by atoms with E-state index in [2.05, 4.69) is 17.3 Å². The third kappa shape index (κ3) is 3.43. The van der Waals surface area contributed by atoms with Crippen LogP contribution in [0.15, 0.2) is 54.7 Å². The van der Waals surface area contributed by atoms with Crippen LogP contribution in [0.5, 0.6) is 5.75 Å². The average molecular weight is 365 g/mol. The Morgan fingerprint density at radius 1 is 1.19 bits per heavy atom. The highest BCUT2D eigenvalue weighted by Crippen LogP contribution is 2.38. The number of halogens is 1. The number of carbonyl (C=O) groups excluding carboxylic acids is 1. The third-order valence-corrected chi connectivity index (χ3v) is 4.65. The molecule has 2 heterocycles. The van der Waals surface area contributed by atoms with Gasteiger partial charge in [-0.3, -0.25) is 4.79 Å². The predicted molar refractivity (Wildman–Crippen MR) is 101 cm³/mol. The summed E-state index contributed by atoms with van der Waals surface area (Å²) < 4.78 is 20.5. The smallest absolute Gasteiger partial charge is 0.226 e. The summed E-state index contributed by atoms with van der Waals surface area (Å²) >= 11 is 0. The van der Waals surface area contributed by atoms with Gasteiger partial charge in [0.25, 0.3) is 0 Å². The van der Waals surface area contributed by atoms with E-state index in [9.17, 15) is 9.18 Å². The van der Waals surface area contributed by atoms with Crippen LogP contribution in [0.25, 0.3) is 5.69 Å². The van der Waals surface area contributed by atoms with Crippen molar-refractivity contribution in [1.82, 2.24) is 9.78 Å². The van der Waals surface area contributed by atoms with Gasteiger partial charge in [-0.1, -0.05) is 19.1 Å². The monoisotopic (exact) mass is 365 g/mol. The first-order valence-corrected chi connectivity index (χ1v) is 9.02. The molecule has 2 aromatic carbocycles. The molecule has 1 aliphatic heterocycles. The van der Waals surface area contributed by atoms with Gasteiger partial charge in [-0.2, -0.15) is 5.10 Å². The van der Waals surface area contributed by atoms with Crippen molar-refractivity contribution in [3.63, 3.8) is 0 Å². The Labute approximate surface area is 156 Å². The number of benzene rings is 2. The first-order valence-electron chi connectivity index (χ1n) is 9.02.